The summed E-state index contributed by atoms with van der Waals surface area (Å²) in [6, 6.07) is 3.85. The molecule has 126 valence electrons. The molecule has 7 nitrogen and oxygen atoms in total. The number of rotatable bonds is 3. The van der Waals surface area contributed by atoms with Gasteiger partial charge in [-0.3, -0.25) is 14.7 Å². The molecule has 8 heteroatoms. The molecular formula is C15H22N4O3S. The lowest BCUT2D eigenvalue weighted by molar-refractivity contribution is -0.149. The molecule has 0 saturated carbocycles. The molecule has 2 aliphatic heterocycles. The predicted octanol–water partition coefficient (Wildman–Crippen LogP) is -0.240. The number of aromatic nitrogens is 1. The number of hydrogen-bond donors (Lipinski definition) is 0. The van der Waals surface area contributed by atoms with Crippen molar-refractivity contribution in [2.45, 2.75) is 18.5 Å². The van der Waals surface area contributed by atoms with Crippen LogP contribution in [0.5, 0.6) is 0 Å². The van der Waals surface area contributed by atoms with Crippen LogP contribution in [0.25, 0.3) is 0 Å². The Bertz CT molecular complexity index is 694. The Morgan fingerprint density at radius 2 is 2.09 bits per heavy atom. The van der Waals surface area contributed by atoms with Crippen LogP contribution in [-0.2, 0) is 21.4 Å². The highest BCUT2D eigenvalue weighted by Crippen LogP contribution is 2.34. The van der Waals surface area contributed by atoms with Crippen molar-refractivity contribution in [1.82, 2.24) is 19.1 Å². The number of pyridine rings is 1. The molecule has 1 amide bonds. The lowest BCUT2D eigenvalue weighted by atomic mass is 9.91. The fourth-order valence-corrected chi connectivity index (χ4v) is 4.37. The lowest BCUT2D eigenvalue weighted by Gasteiger charge is -2.46. The van der Waals surface area contributed by atoms with Gasteiger partial charge in [-0.2, -0.15) is 4.31 Å². The average Bonchev–Trinajstić information content (AvgIpc) is 2.96. The molecule has 3 rings (SSSR count). The quantitative estimate of drug-likeness (QED) is 0.760. The molecule has 0 bridgehead atoms. The van der Waals surface area contributed by atoms with Gasteiger partial charge in [-0.25, -0.2) is 8.42 Å². The molecule has 2 fully saturated rings. The first-order chi connectivity index (χ1) is 10.8. The van der Waals surface area contributed by atoms with Crippen LogP contribution in [0.4, 0.5) is 0 Å². The predicted molar refractivity (Wildman–Crippen MR) is 86.0 cm³/mol. The Hall–Kier alpha value is -1.51. The minimum absolute atomic E-state index is 0.0128. The summed E-state index contributed by atoms with van der Waals surface area (Å²) in [5.41, 5.74) is 0.272. The largest absolute Gasteiger partial charge is 0.343 e. The van der Waals surface area contributed by atoms with Crippen LogP contribution in [-0.4, -0.2) is 78.4 Å². The summed E-state index contributed by atoms with van der Waals surface area (Å²) in [6.07, 6.45) is 5.24. The van der Waals surface area contributed by atoms with E-state index in [4.69, 9.17) is 0 Å². The van der Waals surface area contributed by atoms with Crippen molar-refractivity contribution in [2.75, 3.05) is 39.5 Å². The van der Waals surface area contributed by atoms with E-state index >= 15 is 0 Å². The van der Waals surface area contributed by atoms with E-state index in [9.17, 15) is 13.2 Å². The molecule has 0 N–H and O–H groups in total. The molecule has 2 saturated heterocycles. The maximum Gasteiger partial charge on any atom is 0.244 e. The highest BCUT2D eigenvalue weighted by molar-refractivity contribution is 7.88. The zero-order valence-electron chi connectivity index (χ0n) is 13.5. The van der Waals surface area contributed by atoms with Crippen LogP contribution >= 0.6 is 0 Å². The first-order valence-electron chi connectivity index (χ1n) is 7.67. The van der Waals surface area contributed by atoms with Crippen molar-refractivity contribution >= 4 is 15.9 Å². The van der Waals surface area contributed by atoms with Crippen molar-refractivity contribution in [3.63, 3.8) is 0 Å². The summed E-state index contributed by atoms with van der Waals surface area (Å²) in [5.74, 6) is 0.0128. The van der Waals surface area contributed by atoms with Crippen molar-refractivity contribution < 1.29 is 13.2 Å². The summed E-state index contributed by atoms with van der Waals surface area (Å²) < 4.78 is 25.2. The van der Waals surface area contributed by atoms with Gasteiger partial charge in [0.2, 0.25) is 15.9 Å². The number of likely N-dealkylation sites (N-methyl/N-ethyl adjacent to an activating group) is 1. The summed E-state index contributed by atoms with van der Waals surface area (Å²) >= 11 is 0. The van der Waals surface area contributed by atoms with E-state index in [2.05, 4.69) is 9.88 Å². The SMILES string of the molecule is CN1CCN(Cc2cccnc2)C2(CCN(S(C)(=O)=O)C2)C1=O. The first kappa shape index (κ1) is 16.4. The van der Waals surface area contributed by atoms with Crippen LogP contribution in [0.15, 0.2) is 24.5 Å². The Morgan fingerprint density at radius 1 is 1.30 bits per heavy atom. The number of carbonyl (C=O) groups is 1. The Balaban J connectivity index is 1.90. The molecule has 2 aliphatic rings. The highest BCUT2D eigenvalue weighted by atomic mass is 32.2. The van der Waals surface area contributed by atoms with Gasteiger partial charge < -0.3 is 4.90 Å². The Morgan fingerprint density at radius 3 is 2.70 bits per heavy atom. The summed E-state index contributed by atoms with van der Waals surface area (Å²) in [6.45, 7) is 2.61. The monoisotopic (exact) mass is 338 g/mol. The number of sulfonamides is 1. The smallest absolute Gasteiger partial charge is 0.244 e. The van der Waals surface area contributed by atoms with E-state index in [1.165, 1.54) is 10.6 Å². The van der Waals surface area contributed by atoms with Crippen LogP contribution in [0.1, 0.15) is 12.0 Å². The summed E-state index contributed by atoms with van der Waals surface area (Å²) in [4.78, 5) is 20.8. The number of hydrogen-bond acceptors (Lipinski definition) is 5. The maximum absolute atomic E-state index is 12.9. The van der Waals surface area contributed by atoms with Crippen molar-refractivity contribution in [3.05, 3.63) is 30.1 Å². The second-order valence-corrected chi connectivity index (χ2v) is 8.37. The van der Waals surface area contributed by atoms with Gasteiger partial charge in [0.05, 0.1) is 6.26 Å². The number of nitrogens with zero attached hydrogens (tertiary/aromatic N) is 4. The fourth-order valence-electron chi connectivity index (χ4n) is 3.49. The molecule has 1 unspecified atom stereocenters. The van der Waals surface area contributed by atoms with Crippen LogP contribution in [0, 0.1) is 0 Å². The Labute approximate surface area is 136 Å². The molecule has 0 aliphatic carbocycles. The number of carbonyl (C=O) groups excluding carboxylic acids is 1. The third kappa shape index (κ3) is 2.98. The fraction of sp³-hybridized carbons (Fsp3) is 0.600. The van der Waals surface area contributed by atoms with Gasteiger partial charge >= 0.3 is 0 Å². The van der Waals surface area contributed by atoms with E-state index in [0.717, 1.165) is 12.1 Å². The molecule has 1 aromatic heterocycles. The molecule has 0 radical (unpaired) electrons. The molecule has 3 heterocycles. The van der Waals surface area contributed by atoms with Gasteiger partial charge in [-0.15, -0.1) is 0 Å². The first-order valence-corrected chi connectivity index (χ1v) is 9.52. The zero-order chi connectivity index (χ0) is 16.7. The van der Waals surface area contributed by atoms with Crippen molar-refractivity contribution in [1.29, 1.82) is 0 Å². The van der Waals surface area contributed by atoms with Crippen molar-refractivity contribution in [3.8, 4) is 0 Å². The topological polar surface area (TPSA) is 73.8 Å². The summed E-state index contributed by atoms with van der Waals surface area (Å²) in [7, 11) is -1.51. The normalized spacial score (nSPS) is 27.0. The number of amides is 1. The second kappa shape index (κ2) is 5.85. The van der Waals surface area contributed by atoms with Gasteiger partial charge in [0, 0.05) is 52.2 Å². The van der Waals surface area contributed by atoms with E-state index in [0.29, 0.717) is 26.1 Å². The zero-order valence-corrected chi connectivity index (χ0v) is 14.3. The molecule has 23 heavy (non-hydrogen) atoms. The van der Waals surface area contributed by atoms with E-state index < -0.39 is 15.6 Å². The third-order valence-electron chi connectivity index (χ3n) is 4.83. The molecular weight excluding hydrogens is 316 g/mol. The van der Waals surface area contributed by atoms with Crippen LogP contribution < -0.4 is 0 Å². The number of piperazine rings is 1. The third-order valence-corrected chi connectivity index (χ3v) is 6.08. The minimum Gasteiger partial charge on any atom is -0.343 e. The molecule has 1 spiro atoms. The summed E-state index contributed by atoms with van der Waals surface area (Å²) in [5, 5.41) is 0. The highest BCUT2D eigenvalue weighted by Gasteiger charge is 2.53. The average molecular weight is 338 g/mol. The van der Waals surface area contributed by atoms with E-state index in [1.54, 1.807) is 24.3 Å². The van der Waals surface area contributed by atoms with Gasteiger partial charge in [0.1, 0.15) is 5.54 Å². The lowest BCUT2D eigenvalue weighted by Crippen LogP contribution is -2.65. The maximum atomic E-state index is 12.9. The Kier molecular flexibility index (Phi) is 4.16. The van der Waals surface area contributed by atoms with Gasteiger partial charge in [0.25, 0.3) is 0 Å². The van der Waals surface area contributed by atoms with E-state index in [1.807, 2.05) is 12.1 Å². The van der Waals surface area contributed by atoms with Crippen molar-refractivity contribution in [2.24, 2.45) is 0 Å². The van der Waals surface area contributed by atoms with Gasteiger partial charge in [-0.05, 0) is 18.1 Å². The van der Waals surface area contributed by atoms with Crippen LogP contribution in [0.2, 0.25) is 0 Å². The molecule has 0 aromatic carbocycles. The molecule has 1 aromatic rings. The van der Waals surface area contributed by atoms with Gasteiger partial charge in [0.15, 0.2) is 0 Å². The molecule has 1 atom stereocenters. The van der Waals surface area contributed by atoms with Crippen LogP contribution in [0.3, 0.4) is 0 Å². The van der Waals surface area contributed by atoms with E-state index in [-0.39, 0.29) is 12.5 Å². The minimum atomic E-state index is -3.29. The second-order valence-electron chi connectivity index (χ2n) is 6.39. The van der Waals surface area contributed by atoms with Gasteiger partial charge in [-0.1, -0.05) is 6.07 Å². The standard InChI is InChI=1S/C15H22N4O3S/c1-17-8-9-18(11-13-4-3-6-16-10-13)15(14(17)20)5-7-19(12-15)23(2,21)22/h3-4,6,10H,5,7-9,11-12H2,1-2H3.